The molecule has 0 amide bonds. The first kappa shape index (κ1) is 12.7. The molecule has 0 saturated heterocycles. The number of sulfonamides is 1. The number of carbonyl (C=O) groups is 1. The minimum atomic E-state index is -3.81. The lowest BCUT2D eigenvalue weighted by molar-refractivity contribution is -0.139. The minimum Gasteiger partial charge on any atom is -0.480 e. The van der Waals surface area contributed by atoms with Crippen molar-refractivity contribution in [2.45, 2.75) is 30.7 Å². The van der Waals surface area contributed by atoms with Crippen molar-refractivity contribution in [3.8, 4) is 0 Å². The summed E-state index contributed by atoms with van der Waals surface area (Å²) in [5.74, 6) is -1.19. The predicted molar refractivity (Wildman–Crippen MR) is 55.2 cm³/mol. The molecule has 8 heteroatoms. The maximum Gasteiger partial charge on any atom is 0.321 e. The van der Waals surface area contributed by atoms with Gasteiger partial charge in [0.1, 0.15) is 10.9 Å². The van der Waals surface area contributed by atoms with Crippen LogP contribution in [0.4, 0.5) is 0 Å². The number of hydrogen-bond acceptors (Lipinski definition) is 4. The number of aromatic amines is 1. The van der Waals surface area contributed by atoms with E-state index in [0.717, 1.165) is 6.20 Å². The molecule has 90 valence electrons. The summed E-state index contributed by atoms with van der Waals surface area (Å²) in [5.41, 5.74) is 0. The number of hydrogen-bond donors (Lipinski definition) is 3. The molecule has 7 nitrogen and oxygen atoms in total. The Bertz CT molecular complexity index is 440. The van der Waals surface area contributed by atoms with Gasteiger partial charge in [-0.1, -0.05) is 13.3 Å². The summed E-state index contributed by atoms with van der Waals surface area (Å²) in [6, 6.07) is -1.11. The normalized spacial score (nSPS) is 13.6. The van der Waals surface area contributed by atoms with E-state index in [0.29, 0.717) is 6.42 Å². The van der Waals surface area contributed by atoms with Gasteiger partial charge >= 0.3 is 5.97 Å². The lowest BCUT2D eigenvalue weighted by Gasteiger charge is -2.12. The summed E-state index contributed by atoms with van der Waals surface area (Å²) in [6.45, 7) is 1.78. The molecule has 1 aromatic heterocycles. The molecule has 0 fully saturated rings. The van der Waals surface area contributed by atoms with Gasteiger partial charge in [0.2, 0.25) is 10.0 Å². The molecule has 0 spiro atoms. The molecule has 3 N–H and O–H groups in total. The molecule has 1 unspecified atom stereocenters. The fraction of sp³-hybridized carbons (Fsp3) is 0.500. The SMILES string of the molecule is CCCC(NS(=O)(=O)c1cn[nH]c1)C(=O)O. The van der Waals surface area contributed by atoms with Crippen LogP contribution < -0.4 is 4.72 Å². The van der Waals surface area contributed by atoms with E-state index < -0.39 is 22.0 Å². The van der Waals surface area contributed by atoms with Crippen LogP contribution in [0.2, 0.25) is 0 Å². The van der Waals surface area contributed by atoms with E-state index >= 15 is 0 Å². The minimum absolute atomic E-state index is 0.0742. The molecule has 0 bridgehead atoms. The molecule has 1 atom stereocenters. The van der Waals surface area contributed by atoms with E-state index in [-0.39, 0.29) is 11.3 Å². The Hall–Kier alpha value is -1.41. The van der Waals surface area contributed by atoms with Crippen LogP contribution in [0.15, 0.2) is 17.3 Å². The van der Waals surface area contributed by atoms with E-state index in [4.69, 9.17) is 5.11 Å². The number of aromatic nitrogens is 2. The van der Waals surface area contributed by atoms with Gasteiger partial charge in [0, 0.05) is 6.20 Å². The molecule has 0 saturated carbocycles. The Morgan fingerprint density at radius 1 is 1.69 bits per heavy atom. The van der Waals surface area contributed by atoms with E-state index in [2.05, 4.69) is 14.9 Å². The zero-order chi connectivity index (χ0) is 12.2. The number of carboxylic acid groups (broad SMARTS) is 1. The van der Waals surface area contributed by atoms with Crippen LogP contribution in [0.3, 0.4) is 0 Å². The topological polar surface area (TPSA) is 112 Å². The first-order chi connectivity index (χ1) is 7.47. The zero-order valence-electron chi connectivity index (χ0n) is 8.67. The van der Waals surface area contributed by atoms with Gasteiger partial charge in [-0.25, -0.2) is 8.42 Å². The Labute approximate surface area is 92.9 Å². The molecular formula is C8H13N3O4S. The number of H-pyrrole nitrogens is 1. The quantitative estimate of drug-likeness (QED) is 0.652. The van der Waals surface area contributed by atoms with Gasteiger partial charge in [0.15, 0.2) is 0 Å². The summed E-state index contributed by atoms with van der Waals surface area (Å²) in [7, 11) is -3.81. The van der Waals surface area contributed by atoms with E-state index in [1.54, 1.807) is 6.92 Å². The van der Waals surface area contributed by atoms with Gasteiger partial charge in [-0.05, 0) is 6.42 Å². The van der Waals surface area contributed by atoms with E-state index in [1.807, 2.05) is 0 Å². The highest BCUT2D eigenvalue weighted by atomic mass is 32.2. The Morgan fingerprint density at radius 2 is 2.38 bits per heavy atom. The molecule has 1 aromatic rings. The third-order valence-electron chi connectivity index (χ3n) is 1.96. The first-order valence-corrected chi connectivity index (χ1v) is 6.19. The fourth-order valence-electron chi connectivity index (χ4n) is 1.16. The monoisotopic (exact) mass is 247 g/mol. The molecule has 1 heterocycles. The Kier molecular flexibility index (Phi) is 4.02. The maximum absolute atomic E-state index is 11.6. The van der Waals surface area contributed by atoms with Crippen molar-refractivity contribution in [1.29, 1.82) is 0 Å². The average Bonchev–Trinajstić information content (AvgIpc) is 2.69. The van der Waals surface area contributed by atoms with Crippen molar-refractivity contribution in [2.24, 2.45) is 0 Å². The molecule has 16 heavy (non-hydrogen) atoms. The Morgan fingerprint density at radius 3 is 2.81 bits per heavy atom. The number of carboxylic acids is 1. The molecule has 0 aliphatic rings. The highest BCUT2D eigenvalue weighted by Crippen LogP contribution is 2.07. The fourth-order valence-corrected chi connectivity index (χ4v) is 2.29. The highest BCUT2D eigenvalue weighted by Gasteiger charge is 2.24. The summed E-state index contributed by atoms with van der Waals surface area (Å²) in [6.07, 6.45) is 3.12. The second-order valence-electron chi connectivity index (χ2n) is 3.23. The average molecular weight is 247 g/mol. The van der Waals surface area contributed by atoms with Gasteiger partial charge in [-0.2, -0.15) is 9.82 Å². The highest BCUT2D eigenvalue weighted by molar-refractivity contribution is 7.89. The Balaban J connectivity index is 2.82. The van der Waals surface area contributed by atoms with E-state index in [9.17, 15) is 13.2 Å². The lowest BCUT2D eigenvalue weighted by Crippen LogP contribution is -2.40. The molecule has 0 aromatic carbocycles. The molecule has 0 aliphatic heterocycles. The van der Waals surface area contributed by atoms with Crippen LogP contribution in [0.25, 0.3) is 0 Å². The van der Waals surface area contributed by atoms with Crippen LogP contribution in [0.1, 0.15) is 19.8 Å². The molecule has 0 radical (unpaired) electrons. The molecular weight excluding hydrogens is 234 g/mol. The lowest BCUT2D eigenvalue weighted by atomic mass is 10.2. The number of nitrogens with one attached hydrogen (secondary N) is 2. The van der Waals surface area contributed by atoms with Gasteiger partial charge in [0.25, 0.3) is 0 Å². The summed E-state index contributed by atoms with van der Waals surface area (Å²) in [4.78, 5) is 10.7. The van der Waals surface area contributed by atoms with Crippen LogP contribution in [0.5, 0.6) is 0 Å². The van der Waals surface area contributed by atoms with Crippen LogP contribution in [0, 0.1) is 0 Å². The van der Waals surface area contributed by atoms with Crippen LogP contribution >= 0.6 is 0 Å². The predicted octanol–water partition coefficient (Wildman–Crippen LogP) is -0.0587. The van der Waals surface area contributed by atoms with Crippen molar-refractivity contribution in [3.63, 3.8) is 0 Å². The second-order valence-corrected chi connectivity index (χ2v) is 4.95. The van der Waals surface area contributed by atoms with Crippen molar-refractivity contribution in [2.75, 3.05) is 0 Å². The number of nitrogens with zero attached hydrogens (tertiary/aromatic N) is 1. The second kappa shape index (κ2) is 5.08. The number of aliphatic carboxylic acids is 1. The molecule has 0 aliphatic carbocycles. The summed E-state index contributed by atoms with van der Waals surface area (Å²) >= 11 is 0. The summed E-state index contributed by atoms with van der Waals surface area (Å²) in [5, 5.41) is 14.7. The van der Waals surface area contributed by atoms with E-state index in [1.165, 1.54) is 6.20 Å². The van der Waals surface area contributed by atoms with Crippen LogP contribution in [-0.2, 0) is 14.8 Å². The largest absolute Gasteiger partial charge is 0.480 e. The maximum atomic E-state index is 11.6. The van der Waals surface area contributed by atoms with Crippen LogP contribution in [-0.4, -0.2) is 35.7 Å². The first-order valence-electron chi connectivity index (χ1n) is 4.71. The van der Waals surface area contributed by atoms with Gasteiger partial charge in [-0.3, -0.25) is 9.89 Å². The zero-order valence-corrected chi connectivity index (χ0v) is 9.49. The smallest absolute Gasteiger partial charge is 0.321 e. The van der Waals surface area contributed by atoms with Gasteiger partial charge in [-0.15, -0.1) is 0 Å². The summed E-state index contributed by atoms with van der Waals surface area (Å²) < 4.78 is 25.4. The number of rotatable bonds is 6. The van der Waals surface area contributed by atoms with Gasteiger partial charge < -0.3 is 5.11 Å². The third kappa shape index (κ3) is 3.04. The van der Waals surface area contributed by atoms with Crippen molar-refractivity contribution in [1.82, 2.24) is 14.9 Å². The third-order valence-corrected chi connectivity index (χ3v) is 3.39. The van der Waals surface area contributed by atoms with Gasteiger partial charge in [0.05, 0.1) is 6.20 Å². The molecule has 1 rings (SSSR count). The van der Waals surface area contributed by atoms with Crippen molar-refractivity contribution < 1.29 is 18.3 Å². The van der Waals surface area contributed by atoms with Crippen molar-refractivity contribution in [3.05, 3.63) is 12.4 Å². The standard InChI is InChI=1S/C8H13N3O4S/c1-2-3-7(8(12)13)11-16(14,15)6-4-9-10-5-6/h4-5,7,11H,2-3H2,1H3,(H,9,10)(H,12,13). The van der Waals surface area contributed by atoms with Crippen molar-refractivity contribution >= 4 is 16.0 Å².